The predicted octanol–water partition coefficient (Wildman–Crippen LogP) is 1.99. The van der Waals surface area contributed by atoms with Crippen LogP contribution in [0.3, 0.4) is 0 Å². The Morgan fingerprint density at radius 1 is 1.28 bits per heavy atom. The Kier molecular flexibility index (Phi) is 4.28. The van der Waals surface area contributed by atoms with Gasteiger partial charge in [0.15, 0.2) is 0 Å². The second-order valence-corrected chi connectivity index (χ2v) is 6.34. The summed E-state index contributed by atoms with van der Waals surface area (Å²) in [5.74, 6) is -3.54. The molecule has 3 rings (SSSR count). The minimum absolute atomic E-state index is 0.0422. The first kappa shape index (κ1) is 17.1. The van der Waals surface area contributed by atoms with Crippen molar-refractivity contribution in [2.24, 2.45) is 11.1 Å². The molecule has 1 aliphatic carbocycles. The van der Waals surface area contributed by atoms with Gasteiger partial charge in [0, 0.05) is 24.1 Å². The molecule has 25 heavy (non-hydrogen) atoms. The van der Waals surface area contributed by atoms with Gasteiger partial charge in [-0.25, -0.2) is 8.78 Å². The van der Waals surface area contributed by atoms with Gasteiger partial charge in [-0.15, -0.1) is 0 Å². The van der Waals surface area contributed by atoms with Crippen LogP contribution < -0.4 is 5.32 Å². The first-order valence-electron chi connectivity index (χ1n) is 7.70. The Morgan fingerprint density at radius 3 is 2.56 bits per heavy atom. The highest BCUT2D eigenvalue weighted by molar-refractivity contribution is 6.05. The number of hydrogen-bond donors (Lipinski definition) is 2. The van der Waals surface area contributed by atoms with Gasteiger partial charge in [0.2, 0.25) is 5.60 Å². The lowest BCUT2D eigenvalue weighted by Gasteiger charge is -2.22. The smallest absolute Gasteiger partial charge is 0.310 e. The molecule has 0 bridgehead atoms. The SMILES string of the molecule is C[C@]1(C(=O)NC2C=CC(C(=O)O)C2)CC(c2cc(F)cc(F)c2)=NO1. The molecule has 0 fully saturated rings. The molecule has 0 radical (unpaired) electrons. The van der Waals surface area contributed by atoms with Crippen molar-refractivity contribution in [1.82, 2.24) is 5.32 Å². The Balaban J connectivity index is 1.65. The van der Waals surface area contributed by atoms with Crippen LogP contribution in [0.5, 0.6) is 0 Å². The summed E-state index contributed by atoms with van der Waals surface area (Å²) >= 11 is 0. The number of halogens is 2. The topological polar surface area (TPSA) is 88.0 Å². The summed E-state index contributed by atoms with van der Waals surface area (Å²) in [5.41, 5.74) is -0.852. The van der Waals surface area contributed by atoms with E-state index in [1.165, 1.54) is 13.0 Å². The van der Waals surface area contributed by atoms with Crippen LogP contribution in [-0.4, -0.2) is 34.3 Å². The van der Waals surface area contributed by atoms with E-state index in [9.17, 15) is 18.4 Å². The van der Waals surface area contributed by atoms with E-state index >= 15 is 0 Å². The summed E-state index contributed by atoms with van der Waals surface area (Å²) in [4.78, 5) is 28.6. The number of carbonyl (C=O) groups is 2. The van der Waals surface area contributed by atoms with Gasteiger partial charge in [-0.3, -0.25) is 9.59 Å². The molecule has 8 heteroatoms. The monoisotopic (exact) mass is 350 g/mol. The third-order valence-corrected chi connectivity index (χ3v) is 4.26. The Bertz CT molecular complexity index is 773. The zero-order valence-corrected chi connectivity index (χ0v) is 13.3. The highest BCUT2D eigenvalue weighted by Crippen LogP contribution is 2.28. The van der Waals surface area contributed by atoms with E-state index in [2.05, 4.69) is 10.5 Å². The molecule has 0 spiro atoms. The molecule has 1 aliphatic heterocycles. The molecule has 6 nitrogen and oxygen atoms in total. The third kappa shape index (κ3) is 3.52. The minimum atomic E-state index is -1.33. The first-order chi connectivity index (χ1) is 11.8. The molecule has 1 heterocycles. The van der Waals surface area contributed by atoms with Crippen LogP contribution in [0.25, 0.3) is 0 Å². The predicted molar refractivity (Wildman–Crippen MR) is 83.8 cm³/mol. The van der Waals surface area contributed by atoms with Crippen LogP contribution in [0.2, 0.25) is 0 Å². The van der Waals surface area contributed by atoms with Gasteiger partial charge >= 0.3 is 5.97 Å². The van der Waals surface area contributed by atoms with Crippen molar-refractivity contribution in [2.75, 3.05) is 0 Å². The molecular weight excluding hydrogens is 334 g/mol. The van der Waals surface area contributed by atoms with Gasteiger partial charge in [-0.05, 0) is 25.5 Å². The molecule has 2 N–H and O–H groups in total. The van der Waals surface area contributed by atoms with Crippen molar-refractivity contribution in [3.8, 4) is 0 Å². The number of nitrogens with one attached hydrogen (secondary N) is 1. The van der Waals surface area contributed by atoms with E-state index in [1.807, 2.05) is 0 Å². The van der Waals surface area contributed by atoms with Crippen molar-refractivity contribution < 1.29 is 28.3 Å². The van der Waals surface area contributed by atoms with Crippen LogP contribution in [0.4, 0.5) is 8.78 Å². The van der Waals surface area contributed by atoms with Gasteiger partial charge in [-0.2, -0.15) is 0 Å². The Labute approximate surface area is 142 Å². The Morgan fingerprint density at radius 2 is 1.96 bits per heavy atom. The lowest BCUT2D eigenvalue weighted by Crippen LogP contribution is -2.48. The number of amides is 1. The van der Waals surface area contributed by atoms with Gasteiger partial charge in [0.25, 0.3) is 5.91 Å². The lowest BCUT2D eigenvalue weighted by atomic mass is 9.94. The molecule has 0 saturated heterocycles. The molecule has 0 saturated carbocycles. The van der Waals surface area contributed by atoms with E-state index < -0.39 is 41.1 Å². The number of carboxylic acid groups (broad SMARTS) is 1. The number of nitrogens with zero attached hydrogens (tertiary/aromatic N) is 1. The average molecular weight is 350 g/mol. The summed E-state index contributed by atoms with van der Waals surface area (Å²) in [6.07, 6.45) is 3.46. The quantitative estimate of drug-likeness (QED) is 0.813. The largest absolute Gasteiger partial charge is 0.481 e. The van der Waals surface area contributed by atoms with E-state index in [4.69, 9.17) is 9.94 Å². The van der Waals surface area contributed by atoms with Crippen LogP contribution in [0.1, 0.15) is 25.3 Å². The van der Waals surface area contributed by atoms with E-state index in [-0.39, 0.29) is 24.1 Å². The van der Waals surface area contributed by atoms with Crippen molar-refractivity contribution in [3.05, 3.63) is 47.5 Å². The van der Waals surface area contributed by atoms with Crippen LogP contribution in [0.15, 0.2) is 35.5 Å². The van der Waals surface area contributed by atoms with Crippen molar-refractivity contribution in [3.63, 3.8) is 0 Å². The maximum Gasteiger partial charge on any atom is 0.310 e. The molecule has 2 aliphatic rings. The molecule has 1 amide bonds. The summed E-state index contributed by atoms with van der Waals surface area (Å²) < 4.78 is 26.7. The number of aliphatic carboxylic acids is 1. The standard InChI is InChI=1S/C17H16F2N2O4/c1-17(16(24)20-13-3-2-9(6-13)15(22)23)8-14(21-25-17)10-4-11(18)7-12(19)5-10/h2-5,7,9,13H,6,8H2,1H3,(H,20,24)(H,22,23)/t9?,13?,17-/m1/s1. The zero-order chi connectivity index (χ0) is 18.2. The van der Waals surface area contributed by atoms with E-state index in [1.54, 1.807) is 6.08 Å². The van der Waals surface area contributed by atoms with Gasteiger partial charge in [-0.1, -0.05) is 17.3 Å². The summed E-state index contributed by atoms with van der Waals surface area (Å²) in [7, 11) is 0. The highest BCUT2D eigenvalue weighted by atomic mass is 19.1. The molecule has 1 aromatic rings. The second-order valence-electron chi connectivity index (χ2n) is 6.34. The van der Waals surface area contributed by atoms with Crippen molar-refractivity contribution in [2.45, 2.75) is 31.4 Å². The summed E-state index contributed by atoms with van der Waals surface area (Å²) in [5, 5.41) is 15.5. The number of carboxylic acids is 1. The highest BCUT2D eigenvalue weighted by Gasteiger charge is 2.43. The maximum absolute atomic E-state index is 13.3. The molecular formula is C17H16F2N2O4. The molecule has 0 aromatic heterocycles. The fourth-order valence-electron chi connectivity index (χ4n) is 2.85. The summed E-state index contributed by atoms with van der Waals surface area (Å²) in [6, 6.07) is 2.57. The lowest BCUT2D eigenvalue weighted by molar-refractivity contribution is -0.143. The van der Waals surface area contributed by atoms with E-state index in [0.717, 1.165) is 18.2 Å². The van der Waals surface area contributed by atoms with E-state index in [0.29, 0.717) is 0 Å². The first-order valence-corrected chi connectivity index (χ1v) is 7.70. The van der Waals surface area contributed by atoms with Gasteiger partial charge in [0.1, 0.15) is 11.6 Å². The second kappa shape index (κ2) is 6.27. The number of rotatable bonds is 4. The molecule has 132 valence electrons. The van der Waals surface area contributed by atoms with Crippen LogP contribution in [-0.2, 0) is 14.4 Å². The fourth-order valence-corrected chi connectivity index (χ4v) is 2.85. The third-order valence-electron chi connectivity index (χ3n) is 4.26. The minimum Gasteiger partial charge on any atom is -0.481 e. The van der Waals surface area contributed by atoms with Crippen molar-refractivity contribution in [1.29, 1.82) is 0 Å². The zero-order valence-electron chi connectivity index (χ0n) is 13.3. The van der Waals surface area contributed by atoms with Gasteiger partial charge < -0.3 is 15.3 Å². The van der Waals surface area contributed by atoms with Crippen LogP contribution in [0, 0.1) is 17.6 Å². The fraction of sp³-hybridized carbons (Fsp3) is 0.353. The molecule has 3 atom stereocenters. The normalized spacial score (nSPS) is 27.7. The average Bonchev–Trinajstić information content (AvgIpc) is 3.14. The van der Waals surface area contributed by atoms with Gasteiger partial charge in [0.05, 0.1) is 11.6 Å². The number of hydrogen-bond acceptors (Lipinski definition) is 4. The molecule has 2 unspecified atom stereocenters. The summed E-state index contributed by atoms with van der Waals surface area (Å²) in [6.45, 7) is 1.52. The maximum atomic E-state index is 13.3. The number of oxime groups is 1. The number of benzene rings is 1. The Hall–Kier alpha value is -2.77. The number of carbonyl (C=O) groups excluding carboxylic acids is 1. The van der Waals surface area contributed by atoms with Crippen LogP contribution >= 0.6 is 0 Å². The van der Waals surface area contributed by atoms with Crippen molar-refractivity contribution >= 4 is 17.6 Å². The molecule has 1 aromatic carbocycles.